The van der Waals surface area contributed by atoms with E-state index in [2.05, 4.69) is 34.5 Å². The van der Waals surface area contributed by atoms with Gasteiger partial charge in [-0.05, 0) is 18.4 Å². The summed E-state index contributed by atoms with van der Waals surface area (Å²) in [7, 11) is 0. The van der Waals surface area contributed by atoms with Gasteiger partial charge in [-0.1, -0.05) is 30.3 Å². The van der Waals surface area contributed by atoms with Crippen LogP contribution in [0.2, 0.25) is 0 Å². The number of carbonyl (C=O) groups excluding carboxylic acids is 1. The van der Waals surface area contributed by atoms with E-state index in [0.29, 0.717) is 12.5 Å². The fourth-order valence-electron chi connectivity index (χ4n) is 2.91. The second kappa shape index (κ2) is 8.66. The Morgan fingerprint density at radius 2 is 2.05 bits per heavy atom. The number of Topliss-reactive ketones (excluding diaryl/α,β-unsaturated/α-hetero) is 1. The van der Waals surface area contributed by atoms with Gasteiger partial charge < -0.3 is 10.4 Å². The number of piperazine rings is 1. The predicted octanol–water partition coefficient (Wildman–Crippen LogP) is 1.67. The summed E-state index contributed by atoms with van der Waals surface area (Å²) in [6.07, 6.45) is 1.69. The number of rotatable bonds is 8. The average Bonchev–Trinajstić information content (AvgIpc) is 2.49. The molecule has 120 valence electrons. The van der Waals surface area contributed by atoms with Crippen LogP contribution >= 0.6 is 0 Å². The minimum absolute atomic E-state index is 0.175. The molecule has 1 fully saturated rings. The molecule has 0 spiro atoms. The van der Waals surface area contributed by atoms with E-state index < -0.39 is 5.97 Å². The van der Waals surface area contributed by atoms with Crippen LogP contribution < -0.4 is 5.32 Å². The number of hydrogen-bond acceptors (Lipinski definition) is 4. The first-order chi connectivity index (χ1) is 10.6. The van der Waals surface area contributed by atoms with Gasteiger partial charge in [-0.15, -0.1) is 0 Å². The first-order valence-corrected chi connectivity index (χ1v) is 7.87. The van der Waals surface area contributed by atoms with E-state index in [9.17, 15) is 9.59 Å². The Bertz CT molecular complexity index is 490. The van der Waals surface area contributed by atoms with E-state index in [4.69, 9.17) is 5.11 Å². The molecule has 0 saturated carbocycles. The van der Waals surface area contributed by atoms with Gasteiger partial charge in [0.05, 0.1) is 0 Å². The third kappa shape index (κ3) is 5.58. The zero-order valence-electron chi connectivity index (χ0n) is 12.8. The minimum Gasteiger partial charge on any atom is -0.481 e. The largest absolute Gasteiger partial charge is 0.481 e. The summed E-state index contributed by atoms with van der Waals surface area (Å²) in [5, 5.41) is 12.0. The molecule has 5 nitrogen and oxygen atoms in total. The second-order valence-electron chi connectivity index (χ2n) is 5.82. The Kier molecular flexibility index (Phi) is 6.55. The number of nitrogens with zero attached hydrogens (tertiary/aromatic N) is 1. The van der Waals surface area contributed by atoms with Crippen molar-refractivity contribution in [2.24, 2.45) is 0 Å². The molecular weight excluding hydrogens is 280 g/mol. The number of nitrogens with one attached hydrogen (secondary N) is 1. The lowest BCUT2D eigenvalue weighted by molar-refractivity contribution is -0.140. The molecule has 1 aliphatic rings. The third-order valence-corrected chi connectivity index (χ3v) is 4.04. The van der Waals surface area contributed by atoms with Crippen molar-refractivity contribution in [2.45, 2.75) is 38.3 Å². The van der Waals surface area contributed by atoms with Crippen molar-refractivity contribution in [3.63, 3.8) is 0 Å². The molecular formula is C17H24N2O3. The highest BCUT2D eigenvalue weighted by atomic mass is 16.4. The topological polar surface area (TPSA) is 69.6 Å². The first kappa shape index (κ1) is 16.6. The van der Waals surface area contributed by atoms with Crippen LogP contribution in [0.25, 0.3) is 0 Å². The van der Waals surface area contributed by atoms with Crippen LogP contribution in [-0.4, -0.2) is 47.4 Å². The van der Waals surface area contributed by atoms with Crippen LogP contribution in [0.3, 0.4) is 0 Å². The van der Waals surface area contributed by atoms with Crippen molar-refractivity contribution in [3.05, 3.63) is 35.9 Å². The summed E-state index contributed by atoms with van der Waals surface area (Å²) < 4.78 is 0. The van der Waals surface area contributed by atoms with E-state index in [0.717, 1.165) is 39.0 Å². The van der Waals surface area contributed by atoms with Gasteiger partial charge in [0.15, 0.2) is 0 Å². The summed E-state index contributed by atoms with van der Waals surface area (Å²) in [5.41, 5.74) is 1.30. The molecule has 1 heterocycles. The molecule has 1 unspecified atom stereocenters. The van der Waals surface area contributed by atoms with E-state index in [-0.39, 0.29) is 12.2 Å². The van der Waals surface area contributed by atoms with Gasteiger partial charge in [0.25, 0.3) is 0 Å². The number of hydrogen-bond donors (Lipinski definition) is 2. The van der Waals surface area contributed by atoms with Crippen LogP contribution in [0, 0.1) is 0 Å². The third-order valence-electron chi connectivity index (χ3n) is 4.04. The van der Waals surface area contributed by atoms with Gasteiger partial charge >= 0.3 is 5.97 Å². The number of benzene rings is 1. The van der Waals surface area contributed by atoms with Gasteiger partial charge in [0, 0.05) is 38.6 Å². The standard InChI is InChI=1S/C17H24N2O3/c20-16(11-17(21)22)8-4-7-15-12-18-9-10-19(15)13-14-5-2-1-3-6-14/h1-3,5-6,15,18H,4,7-13H2,(H,21,22). The molecule has 2 N–H and O–H groups in total. The van der Waals surface area contributed by atoms with Crippen molar-refractivity contribution >= 4 is 11.8 Å². The Labute approximate surface area is 131 Å². The highest BCUT2D eigenvalue weighted by Gasteiger charge is 2.22. The lowest BCUT2D eigenvalue weighted by atomic mass is 10.0. The highest BCUT2D eigenvalue weighted by Crippen LogP contribution is 2.15. The van der Waals surface area contributed by atoms with Gasteiger partial charge in [-0.2, -0.15) is 0 Å². The molecule has 0 radical (unpaired) electrons. The molecule has 0 aliphatic carbocycles. The number of ketones is 1. The summed E-state index contributed by atoms with van der Waals surface area (Å²) in [5.74, 6) is -1.21. The Morgan fingerprint density at radius 1 is 1.27 bits per heavy atom. The lowest BCUT2D eigenvalue weighted by Gasteiger charge is -2.36. The highest BCUT2D eigenvalue weighted by molar-refractivity contribution is 5.94. The van der Waals surface area contributed by atoms with Crippen molar-refractivity contribution in [2.75, 3.05) is 19.6 Å². The molecule has 0 bridgehead atoms. The van der Waals surface area contributed by atoms with Gasteiger partial charge in [-0.25, -0.2) is 0 Å². The molecule has 1 atom stereocenters. The number of aliphatic carboxylic acids is 1. The van der Waals surface area contributed by atoms with Crippen molar-refractivity contribution in [1.29, 1.82) is 0 Å². The Hall–Kier alpha value is -1.72. The molecule has 0 aromatic heterocycles. The molecule has 22 heavy (non-hydrogen) atoms. The molecule has 2 rings (SSSR count). The van der Waals surface area contributed by atoms with Crippen LogP contribution in [0.15, 0.2) is 30.3 Å². The van der Waals surface area contributed by atoms with Gasteiger partial charge in [0.2, 0.25) is 0 Å². The Morgan fingerprint density at radius 3 is 2.77 bits per heavy atom. The maximum Gasteiger partial charge on any atom is 0.310 e. The zero-order chi connectivity index (χ0) is 15.8. The molecule has 1 saturated heterocycles. The van der Waals surface area contributed by atoms with Crippen molar-refractivity contribution in [1.82, 2.24) is 10.2 Å². The summed E-state index contributed by atoms with van der Waals surface area (Å²) in [6.45, 7) is 3.85. The van der Waals surface area contributed by atoms with E-state index in [1.807, 2.05) is 6.07 Å². The van der Waals surface area contributed by atoms with Crippen LogP contribution in [-0.2, 0) is 16.1 Å². The van der Waals surface area contributed by atoms with E-state index >= 15 is 0 Å². The molecule has 1 aliphatic heterocycles. The fraction of sp³-hybridized carbons (Fsp3) is 0.529. The van der Waals surface area contributed by atoms with Crippen molar-refractivity contribution < 1.29 is 14.7 Å². The van der Waals surface area contributed by atoms with Crippen LogP contribution in [0.1, 0.15) is 31.2 Å². The molecule has 0 amide bonds. The fourth-order valence-corrected chi connectivity index (χ4v) is 2.91. The predicted molar refractivity (Wildman–Crippen MR) is 84.6 cm³/mol. The Balaban J connectivity index is 1.79. The lowest BCUT2D eigenvalue weighted by Crippen LogP contribution is -2.50. The second-order valence-corrected chi connectivity index (χ2v) is 5.82. The van der Waals surface area contributed by atoms with Crippen LogP contribution in [0.5, 0.6) is 0 Å². The maximum absolute atomic E-state index is 11.5. The smallest absolute Gasteiger partial charge is 0.310 e. The maximum atomic E-state index is 11.5. The average molecular weight is 304 g/mol. The molecule has 1 aromatic rings. The van der Waals surface area contributed by atoms with Gasteiger partial charge in [-0.3, -0.25) is 14.5 Å². The number of carboxylic acids is 1. The number of carboxylic acid groups (broad SMARTS) is 1. The van der Waals surface area contributed by atoms with Crippen LogP contribution in [0.4, 0.5) is 0 Å². The summed E-state index contributed by atoms with van der Waals surface area (Å²) in [4.78, 5) is 24.4. The number of carbonyl (C=O) groups is 2. The van der Waals surface area contributed by atoms with Crippen molar-refractivity contribution in [3.8, 4) is 0 Å². The summed E-state index contributed by atoms with van der Waals surface area (Å²) in [6, 6.07) is 10.8. The first-order valence-electron chi connectivity index (χ1n) is 7.87. The normalized spacial score (nSPS) is 19.0. The quantitative estimate of drug-likeness (QED) is 0.715. The van der Waals surface area contributed by atoms with E-state index in [1.54, 1.807) is 0 Å². The monoisotopic (exact) mass is 304 g/mol. The zero-order valence-corrected chi connectivity index (χ0v) is 12.8. The minimum atomic E-state index is -1.03. The summed E-state index contributed by atoms with van der Waals surface area (Å²) >= 11 is 0. The van der Waals surface area contributed by atoms with Gasteiger partial charge in [0.1, 0.15) is 12.2 Å². The molecule has 5 heteroatoms. The van der Waals surface area contributed by atoms with E-state index in [1.165, 1.54) is 5.56 Å². The molecule has 1 aromatic carbocycles. The SMILES string of the molecule is O=C(O)CC(=O)CCCC1CNCCN1Cc1ccccc1.